The minimum absolute atomic E-state index is 0.554. The molecule has 0 radical (unpaired) electrons. The third-order valence-corrected chi connectivity index (χ3v) is 3.18. The van der Waals surface area contributed by atoms with E-state index in [0.717, 1.165) is 19.3 Å². The monoisotopic (exact) mass is 224 g/mol. The van der Waals surface area contributed by atoms with Crippen LogP contribution in [0.25, 0.3) is 0 Å². The molecule has 0 spiro atoms. The smallest absolute Gasteiger partial charge is 0.147 e. The lowest BCUT2D eigenvalue weighted by molar-refractivity contribution is 0.643. The van der Waals surface area contributed by atoms with Crippen LogP contribution in [-0.2, 0) is 3.07 Å². The maximum absolute atomic E-state index is 10.4. The molecule has 0 amide bonds. The highest BCUT2D eigenvalue weighted by Crippen LogP contribution is 2.21. The minimum atomic E-state index is -0.715. The second-order valence-corrected chi connectivity index (χ2v) is 4.24. The molecule has 0 aromatic rings. The number of allylic oxidation sites excluding steroid dienone is 2. The summed E-state index contributed by atoms with van der Waals surface area (Å²) in [5.41, 5.74) is 0. The van der Waals surface area contributed by atoms with Gasteiger partial charge in [-0.3, -0.25) is 3.07 Å². The predicted molar refractivity (Wildman–Crippen MR) is 41.5 cm³/mol. The fourth-order valence-electron chi connectivity index (χ4n) is 0.838. The van der Waals surface area contributed by atoms with E-state index in [2.05, 4.69) is 12.2 Å². The van der Waals surface area contributed by atoms with Crippen molar-refractivity contribution in [1.82, 2.24) is 0 Å². The number of hydrogen-bond acceptors (Lipinski definition) is 1. The molecule has 1 rings (SSSR count). The van der Waals surface area contributed by atoms with Gasteiger partial charge in [0.2, 0.25) is 0 Å². The zero-order valence-corrected chi connectivity index (χ0v) is 6.80. The van der Waals surface area contributed by atoms with E-state index >= 15 is 0 Å². The van der Waals surface area contributed by atoms with Crippen molar-refractivity contribution in [3.05, 3.63) is 12.2 Å². The molecule has 1 aliphatic rings. The van der Waals surface area contributed by atoms with Crippen LogP contribution in [0.15, 0.2) is 12.2 Å². The van der Waals surface area contributed by atoms with Gasteiger partial charge in [0.25, 0.3) is 0 Å². The Balaban J connectivity index is 2.37. The first-order valence-corrected chi connectivity index (χ1v) is 4.97. The molecule has 0 heterocycles. The second-order valence-electron chi connectivity index (χ2n) is 1.97. The van der Waals surface area contributed by atoms with Gasteiger partial charge in [-0.1, -0.05) is 12.2 Å². The van der Waals surface area contributed by atoms with Crippen molar-refractivity contribution in [2.24, 2.45) is 0 Å². The third-order valence-electron chi connectivity index (χ3n) is 1.33. The fraction of sp³-hybridized carbons (Fsp3) is 0.667. The van der Waals surface area contributed by atoms with Crippen LogP contribution in [0.1, 0.15) is 19.3 Å². The Morgan fingerprint density at radius 2 is 2.38 bits per heavy atom. The normalized spacial score (nSPS) is 28.2. The zero-order valence-electron chi connectivity index (χ0n) is 4.64. The largest absolute Gasteiger partial charge is 0.270 e. The lowest BCUT2D eigenvalue weighted by Gasteiger charge is -2.07. The van der Waals surface area contributed by atoms with E-state index in [9.17, 15) is 3.07 Å². The van der Waals surface area contributed by atoms with E-state index in [4.69, 9.17) is 0 Å². The summed E-state index contributed by atoms with van der Waals surface area (Å²) in [5.74, 6) is 0. The molecule has 0 aliphatic heterocycles. The molecule has 2 heteroatoms. The second kappa shape index (κ2) is 3.33. The van der Waals surface area contributed by atoms with E-state index in [-0.39, 0.29) is 0 Å². The van der Waals surface area contributed by atoms with Gasteiger partial charge in [-0.15, -0.1) is 0 Å². The Morgan fingerprint density at radius 1 is 1.50 bits per heavy atom. The lowest BCUT2D eigenvalue weighted by Crippen LogP contribution is -1.98. The van der Waals surface area contributed by atoms with E-state index in [1.54, 1.807) is 0 Å². The molecule has 0 saturated carbocycles. The van der Waals surface area contributed by atoms with Crippen LogP contribution < -0.4 is 0 Å². The average molecular weight is 224 g/mol. The molecule has 0 aromatic heterocycles. The molecule has 0 N–H and O–H groups in total. The van der Waals surface area contributed by atoms with E-state index < -0.39 is 21.2 Å². The summed E-state index contributed by atoms with van der Waals surface area (Å²) < 4.78 is 10.9. The Morgan fingerprint density at radius 3 is 2.75 bits per heavy atom. The van der Waals surface area contributed by atoms with Crippen LogP contribution in [-0.4, -0.2) is 3.92 Å². The van der Waals surface area contributed by atoms with Crippen molar-refractivity contribution in [1.29, 1.82) is 0 Å². The lowest BCUT2D eigenvalue weighted by atomic mass is 10.1. The van der Waals surface area contributed by atoms with Gasteiger partial charge in [0.15, 0.2) is 0 Å². The molecule has 1 atom stereocenters. The first-order valence-electron chi connectivity index (χ1n) is 2.84. The average Bonchev–Trinajstić information content (AvgIpc) is 1.90. The molecule has 46 valence electrons. The van der Waals surface area contributed by atoms with Crippen LogP contribution >= 0.6 is 21.2 Å². The summed E-state index contributed by atoms with van der Waals surface area (Å²) in [5, 5.41) is 0. The number of halogens is 1. The van der Waals surface area contributed by atoms with Crippen LogP contribution in [0.4, 0.5) is 0 Å². The highest BCUT2D eigenvalue weighted by molar-refractivity contribution is 14.1. The van der Waals surface area contributed by atoms with Crippen molar-refractivity contribution < 1.29 is 3.07 Å². The summed E-state index contributed by atoms with van der Waals surface area (Å²) in [6.45, 7) is 0. The maximum atomic E-state index is 10.4. The van der Waals surface area contributed by atoms with Crippen LogP contribution in [0.3, 0.4) is 0 Å². The van der Waals surface area contributed by atoms with Gasteiger partial charge in [0.05, 0.1) is 0 Å². The molecule has 0 saturated heterocycles. The van der Waals surface area contributed by atoms with Gasteiger partial charge in [-0.05, 0) is 19.3 Å². The molecule has 0 aromatic carbocycles. The zero-order chi connectivity index (χ0) is 5.82. The highest BCUT2D eigenvalue weighted by atomic mass is 127. The maximum Gasteiger partial charge on any atom is 0.147 e. The Hall–Kier alpha value is 0.270. The van der Waals surface area contributed by atoms with Gasteiger partial charge < -0.3 is 0 Å². The number of alkyl halides is 1. The standard InChI is InChI=1S/C6H9IO/c8-7-6-4-2-1-3-5-6/h1-2,6H,3-5H2. The van der Waals surface area contributed by atoms with Crippen molar-refractivity contribution in [3.63, 3.8) is 0 Å². The van der Waals surface area contributed by atoms with Crippen LogP contribution in [0.2, 0.25) is 0 Å². The Labute approximate surface area is 59.8 Å². The predicted octanol–water partition coefficient (Wildman–Crippen LogP) is 2.41. The Kier molecular flexibility index (Phi) is 2.66. The molecular weight excluding hydrogens is 215 g/mol. The first kappa shape index (κ1) is 6.39. The molecule has 0 bridgehead atoms. The topological polar surface area (TPSA) is 17.1 Å². The summed E-state index contributed by atoms with van der Waals surface area (Å²) in [7, 11) is 0. The fourth-order valence-corrected chi connectivity index (χ4v) is 1.95. The van der Waals surface area contributed by atoms with Crippen LogP contribution in [0.5, 0.6) is 0 Å². The van der Waals surface area contributed by atoms with Crippen molar-refractivity contribution in [2.75, 3.05) is 0 Å². The molecule has 8 heavy (non-hydrogen) atoms. The minimum Gasteiger partial charge on any atom is -0.270 e. The van der Waals surface area contributed by atoms with E-state index in [1.165, 1.54) is 0 Å². The van der Waals surface area contributed by atoms with E-state index in [0.29, 0.717) is 3.92 Å². The number of rotatable bonds is 1. The highest BCUT2D eigenvalue weighted by Gasteiger charge is 2.07. The van der Waals surface area contributed by atoms with Crippen LogP contribution in [0, 0.1) is 0 Å². The summed E-state index contributed by atoms with van der Waals surface area (Å²) >= 11 is -0.715. The molecule has 1 nitrogen and oxygen atoms in total. The first-order chi connectivity index (χ1) is 3.93. The Bertz CT molecular complexity index is 109. The van der Waals surface area contributed by atoms with E-state index in [1.807, 2.05) is 0 Å². The quantitative estimate of drug-likeness (QED) is 0.379. The summed E-state index contributed by atoms with van der Waals surface area (Å²) in [6, 6.07) is 0. The van der Waals surface area contributed by atoms with Crippen molar-refractivity contribution in [3.8, 4) is 0 Å². The van der Waals surface area contributed by atoms with Gasteiger partial charge in [0.1, 0.15) is 21.2 Å². The van der Waals surface area contributed by atoms with Gasteiger partial charge >= 0.3 is 0 Å². The van der Waals surface area contributed by atoms with Crippen molar-refractivity contribution in [2.45, 2.75) is 23.2 Å². The van der Waals surface area contributed by atoms with Gasteiger partial charge in [0, 0.05) is 3.92 Å². The third kappa shape index (κ3) is 1.65. The molecule has 1 aliphatic carbocycles. The van der Waals surface area contributed by atoms with Gasteiger partial charge in [-0.2, -0.15) is 0 Å². The van der Waals surface area contributed by atoms with Crippen molar-refractivity contribution >= 4 is 21.2 Å². The number of hydrogen-bond donors (Lipinski definition) is 0. The van der Waals surface area contributed by atoms with Gasteiger partial charge in [-0.25, -0.2) is 0 Å². The molecular formula is C6H9IO. The summed E-state index contributed by atoms with van der Waals surface area (Å²) in [4.78, 5) is 0. The molecule has 1 unspecified atom stereocenters. The SMILES string of the molecule is O=IC1CC=CCC1. The summed E-state index contributed by atoms with van der Waals surface area (Å²) in [6.07, 6.45) is 7.69. The molecule has 0 fully saturated rings.